The van der Waals surface area contributed by atoms with Crippen molar-refractivity contribution in [1.82, 2.24) is 0 Å². The molecule has 1 unspecified atom stereocenters. The van der Waals surface area contributed by atoms with Crippen LogP contribution in [0.4, 0.5) is 0 Å². The van der Waals surface area contributed by atoms with Crippen LogP contribution in [-0.2, 0) is 20.7 Å². The van der Waals surface area contributed by atoms with E-state index < -0.39 is 0 Å². The lowest BCUT2D eigenvalue weighted by atomic mass is 9.84. The van der Waals surface area contributed by atoms with Gasteiger partial charge in [-0.05, 0) is 36.7 Å². The van der Waals surface area contributed by atoms with E-state index in [2.05, 4.69) is 19.1 Å². The summed E-state index contributed by atoms with van der Waals surface area (Å²) in [5.41, 5.74) is 1.22. The van der Waals surface area contributed by atoms with E-state index in [0.29, 0.717) is 42.8 Å². The molecule has 118 valence electrons. The minimum atomic E-state index is -0.0534. The lowest BCUT2D eigenvalue weighted by Crippen LogP contribution is -2.17. The Morgan fingerprint density at radius 3 is 2.77 bits per heavy atom. The fourth-order valence-corrected chi connectivity index (χ4v) is 4.12. The molecule has 2 fully saturated rings. The van der Waals surface area contributed by atoms with E-state index in [4.69, 9.17) is 4.74 Å². The van der Waals surface area contributed by atoms with E-state index in [-0.39, 0.29) is 12.1 Å². The van der Waals surface area contributed by atoms with Gasteiger partial charge in [0.25, 0.3) is 0 Å². The third-order valence-corrected chi connectivity index (χ3v) is 5.34. The molecule has 3 nitrogen and oxygen atoms in total. The van der Waals surface area contributed by atoms with Crippen LogP contribution in [0, 0.1) is 17.8 Å². The molecule has 0 amide bonds. The van der Waals surface area contributed by atoms with Crippen LogP contribution in [0.1, 0.15) is 44.6 Å². The van der Waals surface area contributed by atoms with Crippen molar-refractivity contribution >= 4 is 11.8 Å². The monoisotopic (exact) mass is 300 g/mol. The summed E-state index contributed by atoms with van der Waals surface area (Å²) in [6, 6.07) is 10.2. The van der Waals surface area contributed by atoms with Crippen LogP contribution in [0.15, 0.2) is 30.3 Å². The van der Waals surface area contributed by atoms with E-state index in [1.54, 1.807) is 0 Å². The third-order valence-electron chi connectivity index (χ3n) is 5.34. The molecule has 22 heavy (non-hydrogen) atoms. The molecule has 1 saturated heterocycles. The summed E-state index contributed by atoms with van der Waals surface area (Å²) in [7, 11) is 0. The number of carbonyl (C=O) groups is 2. The number of Topliss-reactive ketones (excluding diaryl/α,β-unsaturated/α-hetero) is 1. The summed E-state index contributed by atoms with van der Waals surface area (Å²) in [5.74, 6) is 1.67. The number of benzene rings is 1. The van der Waals surface area contributed by atoms with Gasteiger partial charge >= 0.3 is 5.97 Å². The maximum atomic E-state index is 12.1. The molecular weight excluding hydrogens is 276 g/mol. The molecular formula is C19H24O3. The topological polar surface area (TPSA) is 43.4 Å². The van der Waals surface area contributed by atoms with Crippen molar-refractivity contribution in [2.45, 2.75) is 51.6 Å². The Labute approximate surface area is 132 Å². The first-order chi connectivity index (χ1) is 10.6. The van der Waals surface area contributed by atoms with Crippen LogP contribution in [-0.4, -0.2) is 17.9 Å². The maximum absolute atomic E-state index is 12.1. The standard InChI is InChI=1S/C19H24O3/c1-13-11-18-17(12-19(21)22-18)16(13)10-9-15(20)8-7-14-5-3-2-4-6-14/h2-6,13,16-18H,7-12H2,1H3/t13-,16+,17-,18?/m1/s1. The number of rotatable bonds is 6. The van der Waals surface area contributed by atoms with Crippen LogP contribution >= 0.6 is 0 Å². The van der Waals surface area contributed by atoms with Gasteiger partial charge in [-0.3, -0.25) is 9.59 Å². The predicted octanol–water partition coefficient (Wildman–Crippen LogP) is 3.56. The predicted molar refractivity (Wildman–Crippen MR) is 84.3 cm³/mol. The van der Waals surface area contributed by atoms with Gasteiger partial charge in [0.1, 0.15) is 11.9 Å². The van der Waals surface area contributed by atoms with Crippen LogP contribution in [0.25, 0.3) is 0 Å². The van der Waals surface area contributed by atoms with Gasteiger partial charge in [-0.2, -0.15) is 0 Å². The highest BCUT2D eigenvalue weighted by atomic mass is 16.6. The van der Waals surface area contributed by atoms with Crippen LogP contribution in [0.3, 0.4) is 0 Å². The highest BCUT2D eigenvalue weighted by Gasteiger charge is 2.47. The highest BCUT2D eigenvalue weighted by molar-refractivity contribution is 5.78. The van der Waals surface area contributed by atoms with Crippen molar-refractivity contribution in [2.24, 2.45) is 17.8 Å². The Morgan fingerprint density at radius 2 is 2.00 bits per heavy atom. The molecule has 0 bridgehead atoms. The summed E-state index contributed by atoms with van der Waals surface area (Å²) < 4.78 is 5.37. The number of carbonyl (C=O) groups excluding carboxylic acids is 2. The fraction of sp³-hybridized carbons (Fsp3) is 0.579. The number of esters is 1. The van der Waals surface area contributed by atoms with Gasteiger partial charge in [0.05, 0.1) is 6.42 Å². The van der Waals surface area contributed by atoms with Crippen molar-refractivity contribution in [3.63, 3.8) is 0 Å². The number of ether oxygens (including phenoxy) is 1. The maximum Gasteiger partial charge on any atom is 0.306 e. The minimum Gasteiger partial charge on any atom is -0.462 e. The fourth-order valence-electron chi connectivity index (χ4n) is 4.12. The summed E-state index contributed by atoms with van der Waals surface area (Å²) in [6.07, 6.45) is 4.64. The van der Waals surface area contributed by atoms with Gasteiger partial charge in [0.2, 0.25) is 0 Å². The van der Waals surface area contributed by atoms with Crippen molar-refractivity contribution in [1.29, 1.82) is 0 Å². The zero-order chi connectivity index (χ0) is 15.5. The van der Waals surface area contributed by atoms with Gasteiger partial charge in [0, 0.05) is 18.8 Å². The molecule has 3 rings (SSSR count). The van der Waals surface area contributed by atoms with Crippen molar-refractivity contribution in [3.05, 3.63) is 35.9 Å². The lowest BCUT2D eigenvalue weighted by molar-refractivity contribution is -0.141. The first kappa shape index (κ1) is 15.3. The Balaban J connectivity index is 1.45. The molecule has 0 aromatic heterocycles. The van der Waals surface area contributed by atoms with Crippen LogP contribution < -0.4 is 0 Å². The second-order valence-corrected chi connectivity index (χ2v) is 6.84. The lowest BCUT2D eigenvalue weighted by Gasteiger charge is -2.19. The van der Waals surface area contributed by atoms with Crippen molar-refractivity contribution in [3.8, 4) is 0 Å². The zero-order valence-electron chi connectivity index (χ0n) is 13.2. The molecule has 1 aromatic rings. The van der Waals surface area contributed by atoms with Gasteiger partial charge < -0.3 is 4.74 Å². The average molecular weight is 300 g/mol. The molecule has 4 atom stereocenters. The largest absolute Gasteiger partial charge is 0.462 e. The van der Waals surface area contributed by atoms with Gasteiger partial charge in [-0.25, -0.2) is 0 Å². The number of ketones is 1. The van der Waals surface area contributed by atoms with Crippen molar-refractivity contribution < 1.29 is 14.3 Å². The molecule has 1 aliphatic heterocycles. The Hall–Kier alpha value is -1.64. The zero-order valence-corrected chi connectivity index (χ0v) is 13.2. The van der Waals surface area contributed by atoms with Gasteiger partial charge in [0.15, 0.2) is 0 Å². The Bertz CT molecular complexity index is 537. The van der Waals surface area contributed by atoms with Crippen LogP contribution in [0.2, 0.25) is 0 Å². The Kier molecular flexibility index (Phi) is 4.60. The van der Waals surface area contributed by atoms with Gasteiger partial charge in [-0.1, -0.05) is 37.3 Å². The molecule has 0 spiro atoms. The molecule has 1 aliphatic carbocycles. The normalized spacial score (nSPS) is 30.1. The summed E-state index contributed by atoms with van der Waals surface area (Å²) in [5, 5.41) is 0. The van der Waals surface area contributed by atoms with E-state index in [1.165, 1.54) is 5.56 Å². The number of aryl methyl sites for hydroxylation is 1. The molecule has 2 aliphatic rings. The van der Waals surface area contributed by atoms with E-state index >= 15 is 0 Å². The third kappa shape index (κ3) is 3.40. The highest BCUT2D eigenvalue weighted by Crippen LogP contribution is 2.46. The summed E-state index contributed by atoms with van der Waals surface area (Å²) in [6.45, 7) is 2.23. The minimum absolute atomic E-state index is 0.0534. The number of hydrogen-bond acceptors (Lipinski definition) is 3. The van der Waals surface area contributed by atoms with E-state index in [1.807, 2.05) is 18.2 Å². The number of hydrogen-bond donors (Lipinski definition) is 0. The molecule has 1 aromatic carbocycles. The molecule has 0 N–H and O–H groups in total. The number of fused-ring (bicyclic) bond motifs is 1. The Morgan fingerprint density at radius 1 is 1.23 bits per heavy atom. The summed E-state index contributed by atoms with van der Waals surface area (Å²) >= 11 is 0. The summed E-state index contributed by atoms with van der Waals surface area (Å²) in [4.78, 5) is 23.6. The van der Waals surface area contributed by atoms with Gasteiger partial charge in [-0.15, -0.1) is 0 Å². The van der Waals surface area contributed by atoms with E-state index in [0.717, 1.165) is 19.3 Å². The first-order valence-electron chi connectivity index (χ1n) is 8.38. The second kappa shape index (κ2) is 6.64. The molecule has 3 heteroatoms. The molecule has 1 saturated carbocycles. The SMILES string of the molecule is C[C@@H]1CC2OC(=O)C[C@@H]2[C@H]1CCC(=O)CCc1ccccc1. The quantitative estimate of drug-likeness (QED) is 0.755. The van der Waals surface area contributed by atoms with Crippen LogP contribution in [0.5, 0.6) is 0 Å². The molecule has 1 heterocycles. The molecule has 0 radical (unpaired) electrons. The average Bonchev–Trinajstić information content (AvgIpc) is 2.99. The first-order valence-corrected chi connectivity index (χ1v) is 8.38. The smallest absolute Gasteiger partial charge is 0.306 e. The van der Waals surface area contributed by atoms with E-state index in [9.17, 15) is 9.59 Å². The van der Waals surface area contributed by atoms with Crippen molar-refractivity contribution in [2.75, 3.05) is 0 Å². The second-order valence-electron chi connectivity index (χ2n) is 6.84.